The summed E-state index contributed by atoms with van der Waals surface area (Å²) >= 11 is 0. The Balaban J connectivity index is 1.82. The first-order valence-electron chi connectivity index (χ1n) is 7.50. The fourth-order valence-corrected chi connectivity index (χ4v) is 3.58. The normalized spacial score (nSPS) is 18.1. The minimum atomic E-state index is -0.425. The van der Waals surface area contributed by atoms with Crippen LogP contribution in [0.15, 0.2) is 60.7 Å². The molecule has 2 atom stereocenters. The first-order chi connectivity index (χ1) is 10.3. The molecule has 0 amide bonds. The monoisotopic (exact) mass is 274 g/mol. The highest BCUT2D eigenvalue weighted by Gasteiger charge is 2.33. The van der Waals surface area contributed by atoms with Gasteiger partial charge in [-0.2, -0.15) is 0 Å². The fraction of sp³-hybridized carbons (Fsp3) is 0.200. The maximum Gasteiger partial charge on any atom is 0.0870 e. The SMILES string of the molecule is Cc1ccc2ccccc2c1C(O)C1Cc2ccccc21. The van der Waals surface area contributed by atoms with E-state index in [1.807, 2.05) is 12.1 Å². The van der Waals surface area contributed by atoms with Crippen molar-refractivity contribution >= 4 is 10.8 Å². The van der Waals surface area contributed by atoms with Crippen molar-refractivity contribution in [2.75, 3.05) is 0 Å². The van der Waals surface area contributed by atoms with Gasteiger partial charge in [0.2, 0.25) is 0 Å². The van der Waals surface area contributed by atoms with Crippen molar-refractivity contribution in [1.29, 1.82) is 0 Å². The van der Waals surface area contributed by atoms with E-state index in [-0.39, 0.29) is 5.92 Å². The van der Waals surface area contributed by atoms with Crippen molar-refractivity contribution < 1.29 is 5.11 Å². The van der Waals surface area contributed by atoms with Crippen LogP contribution >= 0.6 is 0 Å². The Bertz CT molecular complexity index is 819. The Morgan fingerprint density at radius 1 is 0.952 bits per heavy atom. The second-order valence-electron chi connectivity index (χ2n) is 5.97. The van der Waals surface area contributed by atoms with Gasteiger partial charge >= 0.3 is 0 Å². The number of hydrogen-bond acceptors (Lipinski definition) is 1. The maximum absolute atomic E-state index is 11.0. The van der Waals surface area contributed by atoms with E-state index in [1.165, 1.54) is 27.5 Å². The van der Waals surface area contributed by atoms with Crippen LogP contribution in [-0.2, 0) is 6.42 Å². The van der Waals surface area contributed by atoms with Gasteiger partial charge in [-0.05, 0) is 46.4 Å². The quantitative estimate of drug-likeness (QED) is 0.728. The van der Waals surface area contributed by atoms with E-state index < -0.39 is 6.10 Å². The van der Waals surface area contributed by atoms with Crippen molar-refractivity contribution in [3.8, 4) is 0 Å². The molecule has 2 unspecified atom stereocenters. The third-order valence-corrected chi connectivity index (χ3v) is 4.76. The molecule has 0 radical (unpaired) electrons. The van der Waals surface area contributed by atoms with Gasteiger partial charge in [-0.25, -0.2) is 0 Å². The Kier molecular flexibility index (Phi) is 2.83. The molecule has 0 aromatic heterocycles. The predicted octanol–water partition coefficient (Wildman–Crippen LogP) is 4.52. The zero-order chi connectivity index (χ0) is 14.4. The van der Waals surface area contributed by atoms with Gasteiger partial charge in [-0.1, -0.05) is 60.7 Å². The molecule has 3 aromatic rings. The molecule has 1 N–H and O–H groups in total. The lowest BCUT2D eigenvalue weighted by Crippen LogP contribution is -2.24. The van der Waals surface area contributed by atoms with Crippen LogP contribution in [0.4, 0.5) is 0 Å². The number of fused-ring (bicyclic) bond motifs is 2. The Labute approximate surface area is 124 Å². The van der Waals surface area contributed by atoms with E-state index in [0.717, 1.165) is 12.0 Å². The molecule has 104 valence electrons. The third kappa shape index (κ3) is 1.89. The number of aliphatic hydroxyl groups excluding tert-OH is 1. The van der Waals surface area contributed by atoms with Gasteiger partial charge in [-0.3, -0.25) is 0 Å². The molecule has 0 bridgehead atoms. The van der Waals surface area contributed by atoms with Crippen LogP contribution in [0.1, 0.15) is 34.3 Å². The van der Waals surface area contributed by atoms with Crippen LogP contribution in [0.25, 0.3) is 10.8 Å². The van der Waals surface area contributed by atoms with Gasteiger partial charge in [0.1, 0.15) is 0 Å². The molecule has 1 nitrogen and oxygen atoms in total. The van der Waals surface area contributed by atoms with Crippen LogP contribution in [0.3, 0.4) is 0 Å². The average Bonchev–Trinajstić information content (AvgIpc) is 2.48. The van der Waals surface area contributed by atoms with Crippen LogP contribution in [0.2, 0.25) is 0 Å². The zero-order valence-electron chi connectivity index (χ0n) is 12.1. The highest BCUT2D eigenvalue weighted by atomic mass is 16.3. The molecule has 3 aromatic carbocycles. The molecule has 4 rings (SSSR count). The number of aliphatic hydroxyl groups is 1. The Hall–Kier alpha value is -2.12. The highest BCUT2D eigenvalue weighted by Crippen LogP contribution is 2.45. The van der Waals surface area contributed by atoms with Gasteiger partial charge < -0.3 is 5.11 Å². The summed E-state index contributed by atoms with van der Waals surface area (Å²) in [5.74, 6) is 0.228. The number of aryl methyl sites for hydroxylation is 1. The van der Waals surface area contributed by atoms with Crippen LogP contribution in [0, 0.1) is 6.92 Å². The lowest BCUT2D eigenvalue weighted by molar-refractivity contribution is 0.135. The van der Waals surface area contributed by atoms with E-state index in [9.17, 15) is 5.11 Å². The summed E-state index contributed by atoms with van der Waals surface area (Å²) in [7, 11) is 0. The first-order valence-corrected chi connectivity index (χ1v) is 7.50. The van der Waals surface area contributed by atoms with Crippen LogP contribution in [0.5, 0.6) is 0 Å². The van der Waals surface area contributed by atoms with E-state index >= 15 is 0 Å². The van der Waals surface area contributed by atoms with Gasteiger partial charge in [-0.15, -0.1) is 0 Å². The van der Waals surface area contributed by atoms with Crippen molar-refractivity contribution in [3.05, 3.63) is 82.9 Å². The van der Waals surface area contributed by atoms with Crippen LogP contribution < -0.4 is 0 Å². The van der Waals surface area contributed by atoms with Crippen molar-refractivity contribution in [2.45, 2.75) is 25.4 Å². The molecule has 1 heteroatoms. The molecule has 0 saturated heterocycles. The summed E-state index contributed by atoms with van der Waals surface area (Å²) in [6.45, 7) is 2.09. The fourth-order valence-electron chi connectivity index (χ4n) is 3.58. The van der Waals surface area contributed by atoms with E-state index in [1.54, 1.807) is 0 Å². The molecular weight excluding hydrogens is 256 g/mol. The summed E-state index contributed by atoms with van der Waals surface area (Å²) in [4.78, 5) is 0. The van der Waals surface area contributed by atoms with Crippen molar-refractivity contribution in [1.82, 2.24) is 0 Å². The minimum Gasteiger partial charge on any atom is -0.388 e. The molecule has 0 heterocycles. The molecule has 0 saturated carbocycles. The van der Waals surface area contributed by atoms with Gasteiger partial charge in [0.25, 0.3) is 0 Å². The number of benzene rings is 3. The van der Waals surface area contributed by atoms with Crippen molar-refractivity contribution in [3.63, 3.8) is 0 Å². The van der Waals surface area contributed by atoms with Gasteiger partial charge in [0.05, 0.1) is 6.10 Å². The molecule has 0 spiro atoms. The lowest BCUT2D eigenvalue weighted by Gasteiger charge is -2.35. The molecule has 21 heavy (non-hydrogen) atoms. The van der Waals surface area contributed by atoms with Crippen LogP contribution in [-0.4, -0.2) is 5.11 Å². The summed E-state index contributed by atoms with van der Waals surface area (Å²) in [6.07, 6.45) is 0.547. The Morgan fingerprint density at radius 3 is 2.57 bits per heavy atom. The van der Waals surface area contributed by atoms with E-state index in [0.29, 0.717) is 0 Å². The zero-order valence-corrected chi connectivity index (χ0v) is 12.1. The Morgan fingerprint density at radius 2 is 1.71 bits per heavy atom. The molecular formula is C20H18O. The molecule has 0 fully saturated rings. The van der Waals surface area contributed by atoms with Gasteiger partial charge in [0.15, 0.2) is 0 Å². The summed E-state index contributed by atoms with van der Waals surface area (Å²) < 4.78 is 0. The summed E-state index contributed by atoms with van der Waals surface area (Å²) in [5, 5.41) is 13.3. The largest absolute Gasteiger partial charge is 0.388 e. The minimum absolute atomic E-state index is 0.228. The predicted molar refractivity (Wildman–Crippen MR) is 86.5 cm³/mol. The molecule has 1 aliphatic carbocycles. The lowest BCUT2D eigenvalue weighted by atomic mass is 9.72. The van der Waals surface area contributed by atoms with Gasteiger partial charge in [0, 0.05) is 5.92 Å². The number of hydrogen-bond donors (Lipinski definition) is 1. The smallest absolute Gasteiger partial charge is 0.0870 e. The van der Waals surface area contributed by atoms with Crippen molar-refractivity contribution in [2.24, 2.45) is 0 Å². The summed E-state index contributed by atoms with van der Waals surface area (Å²) in [6, 6.07) is 21.0. The molecule has 0 aliphatic heterocycles. The number of rotatable bonds is 2. The second-order valence-corrected chi connectivity index (χ2v) is 5.97. The molecule has 1 aliphatic rings. The van der Waals surface area contributed by atoms with E-state index in [2.05, 4.69) is 55.5 Å². The topological polar surface area (TPSA) is 20.2 Å². The standard InChI is InChI=1S/C20H18O/c1-13-10-11-14-6-2-5-9-17(14)19(13)20(21)18-12-15-7-3-4-8-16(15)18/h2-11,18,20-21H,12H2,1H3. The maximum atomic E-state index is 11.0. The average molecular weight is 274 g/mol. The third-order valence-electron chi connectivity index (χ3n) is 4.76. The van der Waals surface area contributed by atoms with E-state index in [4.69, 9.17) is 0 Å². The second kappa shape index (κ2) is 4.71. The summed E-state index contributed by atoms with van der Waals surface area (Å²) in [5.41, 5.74) is 4.94. The first kappa shape index (κ1) is 12.6. The highest BCUT2D eigenvalue weighted by molar-refractivity contribution is 5.87.